The molecule has 1 N–H and O–H groups in total. The fraction of sp³-hybridized carbons (Fsp3) is 1.00. The Bertz CT molecular complexity index is 115. The quantitative estimate of drug-likeness (QED) is 0.619. The van der Waals surface area contributed by atoms with E-state index in [9.17, 15) is 0 Å². The fourth-order valence-corrected chi connectivity index (χ4v) is 1.68. The fourth-order valence-electron chi connectivity index (χ4n) is 1.68. The predicted molar refractivity (Wildman–Crippen MR) is 58.0 cm³/mol. The summed E-state index contributed by atoms with van der Waals surface area (Å²) in [4.78, 5) is 2.56. The first kappa shape index (κ1) is 11.0. The number of hydrogen-bond donors (Lipinski definition) is 1. The number of nitrogens with zero attached hydrogens (tertiary/aromatic N) is 1. The Labute approximate surface area is 82.7 Å². The van der Waals surface area contributed by atoms with Crippen LogP contribution in [-0.2, 0) is 0 Å². The van der Waals surface area contributed by atoms with Crippen LogP contribution >= 0.6 is 0 Å². The minimum atomic E-state index is 0.866. The van der Waals surface area contributed by atoms with Crippen molar-refractivity contribution in [3.8, 4) is 0 Å². The molecule has 1 aliphatic rings. The molecule has 0 aromatic rings. The van der Waals surface area contributed by atoms with E-state index >= 15 is 0 Å². The van der Waals surface area contributed by atoms with Gasteiger partial charge in [-0.05, 0) is 38.8 Å². The molecule has 0 unspecified atom stereocenters. The third kappa shape index (κ3) is 5.27. The second kappa shape index (κ2) is 6.39. The molecule has 0 bridgehead atoms. The molecule has 1 fully saturated rings. The lowest BCUT2D eigenvalue weighted by atomic mass is 10.3. The Balaban J connectivity index is 1.98. The van der Waals surface area contributed by atoms with Crippen LogP contribution in [0.1, 0.15) is 39.5 Å². The standard InChI is InChI=1S/C11H24N2/c1-3-8-13(9-4-2)10-7-12-11-5-6-11/h11-12H,3-10H2,1-2H3. The molecule has 0 amide bonds. The van der Waals surface area contributed by atoms with Crippen molar-refractivity contribution >= 4 is 0 Å². The molecule has 2 heteroatoms. The summed E-state index contributed by atoms with van der Waals surface area (Å²) in [6, 6.07) is 0.866. The summed E-state index contributed by atoms with van der Waals surface area (Å²) in [6.45, 7) is 9.47. The van der Waals surface area contributed by atoms with Crippen LogP contribution in [0.2, 0.25) is 0 Å². The van der Waals surface area contributed by atoms with Crippen LogP contribution in [0, 0.1) is 0 Å². The molecule has 0 atom stereocenters. The number of nitrogens with one attached hydrogen (secondary N) is 1. The summed E-state index contributed by atoms with van der Waals surface area (Å²) in [5.41, 5.74) is 0. The highest BCUT2D eigenvalue weighted by Crippen LogP contribution is 2.17. The molecular formula is C11H24N2. The Morgan fingerprint density at radius 3 is 2.15 bits per heavy atom. The third-order valence-electron chi connectivity index (χ3n) is 2.52. The molecule has 78 valence electrons. The molecule has 0 aromatic carbocycles. The average Bonchev–Trinajstić information content (AvgIpc) is 2.89. The zero-order valence-corrected chi connectivity index (χ0v) is 9.18. The smallest absolute Gasteiger partial charge is 0.0107 e. The Morgan fingerprint density at radius 2 is 1.69 bits per heavy atom. The van der Waals surface area contributed by atoms with Gasteiger partial charge in [-0.15, -0.1) is 0 Å². The SMILES string of the molecule is CCCN(CCC)CCNC1CC1. The average molecular weight is 184 g/mol. The van der Waals surface area contributed by atoms with Crippen LogP contribution in [0.4, 0.5) is 0 Å². The second-order valence-corrected chi connectivity index (χ2v) is 4.07. The van der Waals surface area contributed by atoms with E-state index in [0.29, 0.717) is 0 Å². The molecule has 0 aliphatic heterocycles. The highest BCUT2D eigenvalue weighted by Gasteiger charge is 2.19. The van der Waals surface area contributed by atoms with Crippen molar-refractivity contribution in [3.63, 3.8) is 0 Å². The highest BCUT2D eigenvalue weighted by molar-refractivity contribution is 4.80. The van der Waals surface area contributed by atoms with Crippen molar-refractivity contribution in [1.82, 2.24) is 10.2 Å². The maximum absolute atomic E-state index is 3.56. The van der Waals surface area contributed by atoms with Crippen molar-refractivity contribution in [2.24, 2.45) is 0 Å². The van der Waals surface area contributed by atoms with Crippen LogP contribution in [0.25, 0.3) is 0 Å². The summed E-state index contributed by atoms with van der Waals surface area (Å²) in [6.07, 6.45) is 5.37. The van der Waals surface area contributed by atoms with Gasteiger partial charge in [0.05, 0.1) is 0 Å². The lowest BCUT2D eigenvalue weighted by Crippen LogP contribution is -2.34. The molecule has 0 spiro atoms. The first-order valence-corrected chi connectivity index (χ1v) is 5.82. The largest absolute Gasteiger partial charge is 0.313 e. The zero-order chi connectivity index (χ0) is 9.52. The first-order valence-electron chi connectivity index (χ1n) is 5.82. The van der Waals surface area contributed by atoms with Gasteiger partial charge in [0.1, 0.15) is 0 Å². The molecular weight excluding hydrogens is 160 g/mol. The summed E-state index contributed by atoms with van der Waals surface area (Å²) < 4.78 is 0. The van der Waals surface area contributed by atoms with Crippen molar-refractivity contribution in [3.05, 3.63) is 0 Å². The Hall–Kier alpha value is -0.0800. The topological polar surface area (TPSA) is 15.3 Å². The maximum Gasteiger partial charge on any atom is 0.0107 e. The van der Waals surface area contributed by atoms with Gasteiger partial charge in [-0.25, -0.2) is 0 Å². The maximum atomic E-state index is 3.56. The molecule has 0 radical (unpaired) electrons. The summed E-state index contributed by atoms with van der Waals surface area (Å²) in [5, 5.41) is 3.56. The Kier molecular flexibility index (Phi) is 5.40. The Morgan fingerprint density at radius 1 is 1.08 bits per heavy atom. The molecule has 13 heavy (non-hydrogen) atoms. The molecule has 1 rings (SSSR count). The van der Waals surface area contributed by atoms with Crippen molar-refractivity contribution in [1.29, 1.82) is 0 Å². The van der Waals surface area contributed by atoms with Crippen molar-refractivity contribution < 1.29 is 0 Å². The van der Waals surface area contributed by atoms with Crippen LogP contribution in [0.15, 0.2) is 0 Å². The highest BCUT2D eigenvalue weighted by atomic mass is 15.1. The van der Waals surface area contributed by atoms with Crippen LogP contribution in [-0.4, -0.2) is 37.1 Å². The van der Waals surface area contributed by atoms with Gasteiger partial charge >= 0.3 is 0 Å². The first-order chi connectivity index (χ1) is 6.36. The van der Waals surface area contributed by atoms with E-state index < -0.39 is 0 Å². The molecule has 0 heterocycles. The van der Waals surface area contributed by atoms with Crippen LogP contribution < -0.4 is 5.32 Å². The number of rotatable bonds is 8. The van der Waals surface area contributed by atoms with E-state index in [4.69, 9.17) is 0 Å². The molecule has 0 aromatic heterocycles. The van der Waals surface area contributed by atoms with Gasteiger partial charge in [-0.3, -0.25) is 0 Å². The van der Waals surface area contributed by atoms with Gasteiger partial charge in [0, 0.05) is 19.1 Å². The molecule has 2 nitrogen and oxygen atoms in total. The minimum absolute atomic E-state index is 0.866. The summed E-state index contributed by atoms with van der Waals surface area (Å²) in [5.74, 6) is 0. The van der Waals surface area contributed by atoms with Gasteiger partial charge in [0.15, 0.2) is 0 Å². The van der Waals surface area contributed by atoms with Gasteiger partial charge in [0.2, 0.25) is 0 Å². The van der Waals surface area contributed by atoms with Gasteiger partial charge in [-0.2, -0.15) is 0 Å². The molecule has 1 aliphatic carbocycles. The van der Waals surface area contributed by atoms with E-state index in [1.807, 2.05) is 0 Å². The monoisotopic (exact) mass is 184 g/mol. The van der Waals surface area contributed by atoms with Crippen molar-refractivity contribution in [2.45, 2.75) is 45.6 Å². The van der Waals surface area contributed by atoms with Crippen LogP contribution in [0.3, 0.4) is 0 Å². The summed E-state index contributed by atoms with van der Waals surface area (Å²) >= 11 is 0. The van der Waals surface area contributed by atoms with Gasteiger partial charge < -0.3 is 10.2 Å². The number of hydrogen-bond acceptors (Lipinski definition) is 2. The minimum Gasteiger partial charge on any atom is -0.313 e. The van der Waals surface area contributed by atoms with Crippen molar-refractivity contribution in [2.75, 3.05) is 26.2 Å². The third-order valence-corrected chi connectivity index (χ3v) is 2.52. The lowest BCUT2D eigenvalue weighted by Gasteiger charge is -2.20. The second-order valence-electron chi connectivity index (χ2n) is 4.07. The normalized spacial score (nSPS) is 16.8. The van der Waals surface area contributed by atoms with Crippen LogP contribution in [0.5, 0.6) is 0 Å². The summed E-state index contributed by atoms with van der Waals surface area (Å²) in [7, 11) is 0. The van der Waals surface area contributed by atoms with E-state index in [1.165, 1.54) is 51.9 Å². The van der Waals surface area contributed by atoms with E-state index in [-0.39, 0.29) is 0 Å². The van der Waals surface area contributed by atoms with Gasteiger partial charge in [0.25, 0.3) is 0 Å². The van der Waals surface area contributed by atoms with E-state index in [0.717, 1.165) is 6.04 Å². The zero-order valence-electron chi connectivity index (χ0n) is 9.18. The van der Waals surface area contributed by atoms with Gasteiger partial charge in [-0.1, -0.05) is 13.8 Å². The van der Waals surface area contributed by atoms with E-state index in [1.54, 1.807) is 0 Å². The predicted octanol–water partition coefficient (Wildman–Crippen LogP) is 1.86. The lowest BCUT2D eigenvalue weighted by molar-refractivity contribution is 0.274. The van der Waals surface area contributed by atoms with E-state index in [2.05, 4.69) is 24.1 Å². The molecule has 0 saturated heterocycles. The molecule has 1 saturated carbocycles.